The van der Waals surface area contributed by atoms with Crippen LogP contribution >= 0.6 is 0 Å². The minimum atomic E-state index is -1.09. The van der Waals surface area contributed by atoms with Gasteiger partial charge >= 0.3 is 12.0 Å². The van der Waals surface area contributed by atoms with Gasteiger partial charge in [0.25, 0.3) is 0 Å². The number of carboxylic acids is 1. The van der Waals surface area contributed by atoms with Crippen molar-refractivity contribution in [1.82, 2.24) is 10.2 Å². The maximum atomic E-state index is 12.3. The average Bonchev–Trinajstić information content (AvgIpc) is 2.39. The van der Waals surface area contributed by atoms with Crippen LogP contribution < -0.4 is 5.32 Å². The summed E-state index contributed by atoms with van der Waals surface area (Å²) >= 11 is 0. The van der Waals surface area contributed by atoms with Crippen molar-refractivity contribution in [2.24, 2.45) is 5.92 Å². The van der Waals surface area contributed by atoms with E-state index >= 15 is 0 Å². The summed E-state index contributed by atoms with van der Waals surface area (Å²) in [7, 11) is 1.74. The SMILES string of the molecule is CCC(CC)N(C)C(=O)NC1(C(=O)O)CCCC(C)C1. The maximum absolute atomic E-state index is 12.3. The topological polar surface area (TPSA) is 69.6 Å². The highest BCUT2D eigenvalue weighted by atomic mass is 16.4. The first-order valence-electron chi connectivity index (χ1n) is 7.64. The summed E-state index contributed by atoms with van der Waals surface area (Å²) in [5.74, 6) is -0.575. The van der Waals surface area contributed by atoms with Crippen LogP contribution in [0.15, 0.2) is 0 Å². The second-order valence-electron chi connectivity index (χ2n) is 6.10. The Balaban J connectivity index is 2.80. The van der Waals surface area contributed by atoms with E-state index in [1.807, 2.05) is 20.8 Å². The summed E-state index contributed by atoms with van der Waals surface area (Å²) in [5.41, 5.74) is -1.09. The predicted octanol–water partition coefficient (Wildman–Crippen LogP) is 2.85. The van der Waals surface area contributed by atoms with Crippen LogP contribution in [0.4, 0.5) is 4.79 Å². The molecule has 2 unspecified atom stereocenters. The molecule has 2 amide bonds. The van der Waals surface area contributed by atoms with E-state index in [-0.39, 0.29) is 12.1 Å². The minimum absolute atomic E-state index is 0.154. The number of urea groups is 1. The van der Waals surface area contributed by atoms with Crippen LogP contribution in [0.3, 0.4) is 0 Å². The number of nitrogens with one attached hydrogen (secondary N) is 1. The first-order chi connectivity index (χ1) is 9.36. The Morgan fingerprint density at radius 2 is 2.00 bits per heavy atom. The molecule has 0 aromatic carbocycles. The van der Waals surface area contributed by atoms with E-state index < -0.39 is 11.5 Å². The van der Waals surface area contributed by atoms with E-state index in [1.165, 1.54) is 0 Å². The highest BCUT2D eigenvalue weighted by Crippen LogP contribution is 2.32. The van der Waals surface area contributed by atoms with Crippen molar-refractivity contribution in [2.75, 3.05) is 7.05 Å². The van der Waals surface area contributed by atoms with Crippen LogP contribution in [0.2, 0.25) is 0 Å². The van der Waals surface area contributed by atoms with Crippen molar-refractivity contribution in [3.05, 3.63) is 0 Å². The molecule has 0 aromatic rings. The second-order valence-corrected chi connectivity index (χ2v) is 6.10. The zero-order valence-corrected chi connectivity index (χ0v) is 13.1. The molecule has 20 heavy (non-hydrogen) atoms. The van der Waals surface area contributed by atoms with Crippen molar-refractivity contribution >= 4 is 12.0 Å². The summed E-state index contributed by atoms with van der Waals surface area (Å²) in [6.45, 7) is 6.12. The second kappa shape index (κ2) is 6.95. The molecule has 1 rings (SSSR count). The number of carbonyl (C=O) groups excluding carboxylic acids is 1. The molecule has 0 bridgehead atoms. The zero-order chi connectivity index (χ0) is 15.3. The Morgan fingerprint density at radius 1 is 1.40 bits per heavy atom. The number of carbonyl (C=O) groups is 2. The minimum Gasteiger partial charge on any atom is -0.480 e. The number of hydrogen-bond acceptors (Lipinski definition) is 2. The van der Waals surface area contributed by atoms with Gasteiger partial charge in [0.1, 0.15) is 5.54 Å². The summed E-state index contributed by atoms with van der Waals surface area (Å²) in [5, 5.41) is 12.4. The lowest BCUT2D eigenvalue weighted by Crippen LogP contribution is -2.60. The van der Waals surface area contributed by atoms with Crippen molar-refractivity contribution in [3.63, 3.8) is 0 Å². The summed E-state index contributed by atoms with van der Waals surface area (Å²) < 4.78 is 0. The Bertz CT molecular complexity index is 355. The molecule has 1 aliphatic rings. The molecule has 2 atom stereocenters. The smallest absolute Gasteiger partial charge is 0.329 e. The summed E-state index contributed by atoms with van der Waals surface area (Å²) in [4.78, 5) is 25.6. The van der Waals surface area contributed by atoms with E-state index in [0.717, 1.165) is 25.7 Å². The van der Waals surface area contributed by atoms with Gasteiger partial charge in [-0.2, -0.15) is 0 Å². The molecule has 1 saturated carbocycles. The third-order valence-electron chi connectivity index (χ3n) is 4.56. The Hall–Kier alpha value is -1.26. The molecule has 0 radical (unpaired) electrons. The third-order valence-corrected chi connectivity index (χ3v) is 4.56. The number of rotatable bonds is 5. The van der Waals surface area contributed by atoms with Gasteiger partial charge in [-0.1, -0.05) is 33.6 Å². The number of amides is 2. The molecular weight excluding hydrogens is 256 g/mol. The van der Waals surface area contributed by atoms with Crippen LogP contribution in [0.1, 0.15) is 59.3 Å². The van der Waals surface area contributed by atoms with Gasteiger partial charge in [-0.3, -0.25) is 0 Å². The molecule has 2 N–H and O–H groups in total. The summed E-state index contributed by atoms with van der Waals surface area (Å²) in [6, 6.07) is -0.114. The lowest BCUT2D eigenvalue weighted by Gasteiger charge is -2.39. The molecule has 0 spiro atoms. The molecule has 1 aliphatic carbocycles. The molecule has 0 saturated heterocycles. The predicted molar refractivity (Wildman–Crippen MR) is 78.7 cm³/mol. The van der Waals surface area contributed by atoms with Crippen LogP contribution in [-0.4, -0.2) is 40.6 Å². The van der Waals surface area contributed by atoms with Crippen molar-refractivity contribution in [2.45, 2.75) is 70.9 Å². The number of carboxylic acid groups (broad SMARTS) is 1. The molecule has 0 heterocycles. The van der Waals surface area contributed by atoms with E-state index in [9.17, 15) is 14.7 Å². The highest BCUT2D eigenvalue weighted by Gasteiger charge is 2.43. The maximum Gasteiger partial charge on any atom is 0.329 e. The van der Waals surface area contributed by atoms with Crippen molar-refractivity contribution in [3.8, 4) is 0 Å². The first kappa shape index (κ1) is 16.8. The van der Waals surface area contributed by atoms with E-state index in [0.29, 0.717) is 18.8 Å². The number of aliphatic carboxylic acids is 1. The Labute approximate surface area is 121 Å². The van der Waals surface area contributed by atoms with Gasteiger partial charge in [0.05, 0.1) is 0 Å². The fourth-order valence-corrected chi connectivity index (χ4v) is 3.21. The van der Waals surface area contributed by atoms with Crippen LogP contribution in [0, 0.1) is 5.92 Å². The van der Waals surface area contributed by atoms with Gasteiger partial charge in [0, 0.05) is 13.1 Å². The standard InChI is InChI=1S/C15H28N2O3/c1-5-12(6-2)17(4)14(20)16-15(13(18)19)9-7-8-11(3)10-15/h11-12H,5-10H2,1-4H3,(H,16,20)(H,18,19). The normalized spacial score (nSPS) is 26.4. The van der Waals surface area contributed by atoms with Crippen LogP contribution in [-0.2, 0) is 4.79 Å². The molecule has 0 aliphatic heterocycles. The van der Waals surface area contributed by atoms with Gasteiger partial charge in [-0.05, 0) is 31.6 Å². The van der Waals surface area contributed by atoms with Gasteiger partial charge in [-0.25, -0.2) is 9.59 Å². The number of nitrogens with zero attached hydrogens (tertiary/aromatic N) is 1. The lowest BCUT2D eigenvalue weighted by atomic mass is 9.76. The summed E-state index contributed by atoms with van der Waals surface area (Å²) in [6.07, 6.45) is 4.67. The fraction of sp³-hybridized carbons (Fsp3) is 0.867. The average molecular weight is 284 g/mol. The Morgan fingerprint density at radius 3 is 2.45 bits per heavy atom. The van der Waals surface area contributed by atoms with Gasteiger partial charge in [-0.15, -0.1) is 0 Å². The van der Waals surface area contributed by atoms with Gasteiger partial charge < -0.3 is 15.3 Å². The molecular formula is C15H28N2O3. The quantitative estimate of drug-likeness (QED) is 0.815. The fourth-order valence-electron chi connectivity index (χ4n) is 3.21. The van der Waals surface area contributed by atoms with Crippen LogP contribution in [0.25, 0.3) is 0 Å². The third kappa shape index (κ3) is 3.64. The van der Waals surface area contributed by atoms with Gasteiger partial charge in [0.2, 0.25) is 0 Å². The zero-order valence-electron chi connectivity index (χ0n) is 13.1. The number of hydrogen-bond donors (Lipinski definition) is 2. The molecule has 5 nitrogen and oxygen atoms in total. The molecule has 116 valence electrons. The Kier molecular flexibility index (Phi) is 5.84. The largest absolute Gasteiger partial charge is 0.480 e. The lowest BCUT2D eigenvalue weighted by molar-refractivity contribution is -0.146. The monoisotopic (exact) mass is 284 g/mol. The molecule has 1 fully saturated rings. The van der Waals surface area contributed by atoms with Crippen molar-refractivity contribution < 1.29 is 14.7 Å². The van der Waals surface area contributed by atoms with E-state index in [2.05, 4.69) is 5.32 Å². The van der Waals surface area contributed by atoms with Crippen LogP contribution in [0.5, 0.6) is 0 Å². The molecule has 0 aromatic heterocycles. The van der Waals surface area contributed by atoms with Crippen molar-refractivity contribution in [1.29, 1.82) is 0 Å². The van der Waals surface area contributed by atoms with E-state index in [1.54, 1.807) is 11.9 Å². The van der Waals surface area contributed by atoms with E-state index in [4.69, 9.17) is 0 Å². The highest BCUT2D eigenvalue weighted by molar-refractivity contribution is 5.86. The first-order valence-corrected chi connectivity index (χ1v) is 7.64. The van der Waals surface area contributed by atoms with Gasteiger partial charge in [0.15, 0.2) is 0 Å². The molecule has 5 heteroatoms.